The largest absolute Gasteiger partial charge is 0.454 e. The molecule has 1 atom stereocenters. The van der Waals surface area contributed by atoms with E-state index in [0.717, 1.165) is 57.2 Å². The SMILES string of the molecule is CCC1CCCCN1CC(=O)N1CCN(Cc2ccc3c(c2)OCO3)CC1. The van der Waals surface area contributed by atoms with Gasteiger partial charge in [-0.05, 0) is 43.5 Å². The van der Waals surface area contributed by atoms with E-state index in [9.17, 15) is 4.79 Å². The van der Waals surface area contributed by atoms with E-state index in [2.05, 4.69) is 33.8 Å². The summed E-state index contributed by atoms with van der Waals surface area (Å²) in [5.74, 6) is 1.98. The molecule has 0 aliphatic carbocycles. The highest BCUT2D eigenvalue weighted by Crippen LogP contribution is 2.32. The van der Waals surface area contributed by atoms with Gasteiger partial charge in [0, 0.05) is 38.8 Å². The number of carbonyl (C=O) groups excluding carboxylic acids is 1. The van der Waals surface area contributed by atoms with Crippen LogP contribution in [0.15, 0.2) is 18.2 Å². The van der Waals surface area contributed by atoms with Crippen molar-refractivity contribution >= 4 is 5.91 Å². The molecule has 0 aromatic heterocycles. The van der Waals surface area contributed by atoms with Crippen molar-refractivity contribution in [3.8, 4) is 11.5 Å². The molecule has 0 spiro atoms. The Morgan fingerprint density at radius 3 is 2.70 bits per heavy atom. The fourth-order valence-electron chi connectivity index (χ4n) is 4.46. The van der Waals surface area contributed by atoms with E-state index in [0.29, 0.717) is 25.3 Å². The van der Waals surface area contributed by atoms with Crippen LogP contribution in [0, 0.1) is 0 Å². The van der Waals surface area contributed by atoms with E-state index in [1.54, 1.807) is 0 Å². The van der Waals surface area contributed by atoms with Crippen LogP contribution in [0.25, 0.3) is 0 Å². The lowest BCUT2D eigenvalue weighted by atomic mass is 10.00. The molecule has 4 rings (SSSR count). The van der Waals surface area contributed by atoms with Crippen molar-refractivity contribution in [2.45, 2.75) is 45.2 Å². The fourth-order valence-corrected chi connectivity index (χ4v) is 4.46. The number of carbonyl (C=O) groups is 1. The highest BCUT2D eigenvalue weighted by atomic mass is 16.7. The number of benzene rings is 1. The first kappa shape index (κ1) is 18.6. The standard InChI is InChI=1S/C21H31N3O3/c1-2-18-5-3-4-8-24(18)15-21(25)23-11-9-22(10-12-23)14-17-6-7-19-20(13-17)27-16-26-19/h6-7,13,18H,2-5,8-12,14-16H2,1H3. The Labute approximate surface area is 162 Å². The van der Waals surface area contributed by atoms with Crippen LogP contribution in [0.5, 0.6) is 11.5 Å². The van der Waals surface area contributed by atoms with Gasteiger partial charge < -0.3 is 14.4 Å². The first-order chi connectivity index (χ1) is 13.2. The second-order valence-electron chi connectivity index (χ2n) is 7.87. The van der Waals surface area contributed by atoms with E-state index in [1.165, 1.54) is 24.8 Å². The van der Waals surface area contributed by atoms with Gasteiger partial charge >= 0.3 is 0 Å². The predicted octanol–water partition coefficient (Wildman–Crippen LogP) is 2.32. The predicted molar refractivity (Wildman–Crippen MR) is 104 cm³/mol. The van der Waals surface area contributed by atoms with Gasteiger partial charge in [-0.15, -0.1) is 0 Å². The average molecular weight is 373 g/mol. The lowest BCUT2D eigenvalue weighted by Gasteiger charge is -2.38. The molecule has 148 valence electrons. The molecule has 0 radical (unpaired) electrons. The van der Waals surface area contributed by atoms with E-state index in [4.69, 9.17) is 9.47 Å². The highest BCUT2D eigenvalue weighted by molar-refractivity contribution is 5.78. The number of ether oxygens (including phenoxy) is 2. The molecule has 3 aliphatic rings. The molecule has 6 heteroatoms. The summed E-state index contributed by atoms with van der Waals surface area (Å²) in [6, 6.07) is 6.75. The molecule has 0 saturated carbocycles. The number of piperidine rings is 1. The quantitative estimate of drug-likeness (QED) is 0.793. The van der Waals surface area contributed by atoms with Gasteiger partial charge in [-0.25, -0.2) is 0 Å². The number of hydrogen-bond acceptors (Lipinski definition) is 5. The van der Waals surface area contributed by atoms with Gasteiger partial charge in [0.1, 0.15) is 0 Å². The van der Waals surface area contributed by atoms with Gasteiger partial charge in [-0.2, -0.15) is 0 Å². The summed E-state index contributed by atoms with van der Waals surface area (Å²) in [5, 5.41) is 0. The maximum Gasteiger partial charge on any atom is 0.236 e. The number of amides is 1. The van der Waals surface area contributed by atoms with Crippen LogP contribution in [-0.4, -0.2) is 72.7 Å². The second kappa shape index (κ2) is 8.48. The Morgan fingerprint density at radius 2 is 1.89 bits per heavy atom. The van der Waals surface area contributed by atoms with E-state index < -0.39 is 0 Å². The Bertz CT molecular complexity index is 658. The van der Waals surface area contributed by atoms with Crippen molar-refractivity contribution in [1.82, 2.24) is 14.7 Å². The number of hydrogen-bond donors (Lipinski definition) is 0. The summed E-state index contributed by atoms with van der Waals surface area (Å²) in [6.45, 7) is 8.63. The summed E-state index contributed by atoms with van der Waals surface area (Å²) in [4.78, 5) is 19.6. The molecule has 6 nitrogen and oxygen atoms in total. The van der Waals surface area contributed by atoms with Crippen molar-refractivity contribution < 1.29 is 14.3 Å². The molecule has 27 heavy (non-hydrogen) atoms. The zero-order valence-electron chi connectivity index (χ0n) is 16.4. The molecular formula is C21H31N3O3. The van der Waals surface area contributed by atoms with Gasteiger partial charge in [0.25, 0.3) is 0 Å². The van der Waals surface area contributed by atoms with Crippen LogP contribution in [0.3, 0.4) is 0 Å². The monoisotopic (exact) mass is 373 g/mol. The Hall–Kier alpha value is -1.79. The first-order valence-corrected chi connectivity index (χ1v) is 10.4. The maximum absolute atomic E-state index is 12.8. The smallest absolute Gasteiger partial charge is 0.236 e. The van der Waals surface area contributed by atoms with Crippen LogP contribution in [0.2, 0.25) is 0 Å². The number of fused-ring (bicyclic) bond motifs is 1. The number of likely N-dealkylation sites (tertiary alicyclic amines) is 1. The van der Waals surface area contributed by atoms with Gasteiger partial charge in [-0.3, -0.25) is 14.6 Å². The zero-order valence-corrected chi connectivity index (χ0v) is 16.4. The molecule has 3 heterocycles. The molecule has 1 unspecified atom stereocenters. The first-order valence-electron chi connectivity index (χ1n) is 10.4. The highest BCUT2D eigenvalue weighted by Gasteiger charge is 2.27. The molecule has 2 saturated heterocycles. The zero-order chi connectivity index (χ0) is 18.6. The topological polar surface area (TPSA) is 45.3 Å². The molecule has 1 aromatic rings. The Balaban J connectivity index is 1.25. The van der Waals surface area contributed by atoms with Crippen LogP contribution < -0.4 is 9.47 Å². The summed E-state index contributed by atoms with van der Waals surface area (Å²) in [6.07, 6.45) is 4.93. The third-order valence-corrected chi connectivity index (χ3v) is 6.13. The van der Waals surface area contributed by atoms with Crippen molar-refractivity contribution in [3.05, 3.63) is 23.8 Å². The number of rotatable bonds is 5. The van der Waals surface area contributed by atoms with Gasteiger partial charge in [0.15, 0.2) is 11.5 Å². The normalized spacial score (nSPS) is 23.6. The van der Waals surface area contributed by atoms with E-state index in [1.807, 2.05) is 6.07 Å². The minimum Gasteiger partial charge on any atom is -0.454 e. The molecule has 3 aliphatic heterocycles. The second-order valence-corrected chi connectivity index (χ2v) is 7.87. The maximum atomic E-state index is 12.8. The van der Waals surface area contributed by atoms with Crippen LogP contribution >= 0.6 is 0 Å². The van der Waals surface area contributed by atoms with Crippen molar-refractivity contribution in [2.24, 2.45) is 0 Å². The van der Waals surface area contributed by atoms with Crippen molar-refractivity contribution in [2.75, 3.05) is 46.1 Å². The Kier molecular flexibility index (Phi) is 5.83. The average Bonchev–Trinajstić information content (AvgIpc) is 3.17. The Morgan fingerprint density at radius 1 is 1.07 bits per heavy atom. The summed E-state index contributed by atoms with van der Waals surface area (Å²) in [5.41, 5.74) is 1.23. The number of piperazine rings is 1. The van der Waals surface area contributed by atoms with Crippen LogP contribution in [0.4, 0.5) is 0 Å². The number of nitrogens with zero attached hydrogens (tertiary/aromatic N) is 3. The third-order valence-electron chi connectivity index (χ3n) is 6.13. The van der Waals surface area contributed by atoms with Crippen molar-refractivity contribution in [3.63, 3.8) is 0 Å². The minimum atomic E-state index is 0.304. The molecule has 1 amide bonds. The third kappa shape index (κ3) is 4.38. The van der Waals surface area contributed by atoms with Crippen molar-refractivity contribution in [1.29, 1.82) is 0 Å². The van der Waals surface area contributed by atoms with Gasteiger partial charge in [0.05, 0.1) is 6.54 Å². The minimum absolute atomic E-state index is 0.304. The summed E-state index contributed by atoms with van der Waals surface area (Å²) in [7, 11) is 0. The van der Waals surface area contributed by atoms with Crippen LogP contribution in [-0.2, 0) is 11.3 Å². The van der Waals surface area contributed by atoms with Gasteiger partial charge in [-0.1, -0.05) is 19.4 Å². The molecule has 0 bridgehead atoms. The van der Waals surface area contributed by atoms with E-state index >= 15 is 0 Å². The molecule has 0 N–H and O–H groups in total. The fraction of sp³-hybridized carbons (Fsp3) is 0.667. The lowest BCUT2D eigenvalue weighted by molar-refractivity contribution is -0.135. The molecule has 1 aromatic carbocycles. The molecular weight excluding hydrogens is 342 g/mol. The summed E-state index contributed by atoms with van der Waals surface area (Å²) >= 11 is 0. The van der Waals surface area contributed by atoms with Crippen LogP contribution in [0.1, 0.15) is 38.2 Å². The molecule has 2 fully saturated rings. The van der Waals surface area contributed by atoms with E-state index in [-0.39, 0.29) is 0 Å². The lowest BCUT2D eigenvalue weighted by Crippen LogP contribution is -2.52. The van der Waals surface area contributed by atoms with Gasteiger partial charge in [0.2, 0.25) is 12.7 Å². The summed E-state index contributed by atoms with van der Waals surface area (Å²) < 4.78 is 10.8.